The number of nitrogens with zero attached hydrogens (tertiary/aromatic N) is 2. The second-order valence-corrected chi connectivity index (χ2v) is 7.22. The summed E-state index contributed by atoms with van der Waals surface area (Å²) in [6.07, 6.45) is 3.70. The lowest BCUT2D eigenvalue weighted by molar-refractivity contribution is -0.109. The number of hydrogen-bond donors (Lipinski definition) is 0. The van der Waals surface area contributed by atoms with E-state index in [1.807, 2.05) is 11.6 Å². The summed E-state index contributed by atoms with van der Waals surface area (Å²) >= 11 is 0. The molecule has 0 aromatic carbocycles. The van der Waals surface area contributed by atoms with E-state index < -0.39 is 0 Å². The largest absolute Gasteiger partial charge is 0.461 e. The first-order valence-electron chi connectivity index (χ1n) is 8.92. The first kappa shape index (κ1) is 17.4. The Morgan fingerprint density at radius 1 is 1.46 bits per heavy atom. The predicted molar refractivity (Wildman–Crippen MR) is 89.1 cm³/mol. The highest BCUT2D eigenvalue weighted by Crippen LogP contribution is 2.46. The number of ether oxygens (including phenoxy) is 3. The maximum atomic E-state index is 12.4. The topological polar surface area (TPSA) is 62.6 Å². The molecule has 3 unspecified atom stereocenters. The summed E-state index contributed by atoms with van der Waals surface area (Å²) in [6.45, 7) is 8.06. The van der Waals surface area contributed by atoms with Crippen LogP contribution in [0.15, 0.2) is 0 Å². The number of carbonyl (C=O) groups excluding carboxylic acids is 1. The molecule has 2 aliphatic rings. The van der Waals surface area contributed by atoms with E-state index in [2.05, 4.69) is 18.9 Å². The molecule has 0 amide bonds. The van der Waals surface area contributed by atoms with E-state index in [4.69, 9.17) is 14.2 Å². The van der Waals surface area contributed by atoms with Gasteiger partial charge in [-0.15, -0.1) is 0 Å². The lowest BCUT2D eigenvalue weighted by Gasteiger charge is -2.39. The average Bonchev–Trinajstić information content (AvgIpc) is 2.84. The molecule has 0 N–H and O–H groups in total. The standard InChI is InChI=1S/C18H28N2O4/c1-5-12-9-18(3,11-22-4)10-13-15(12)16(17(21)23-6-2)19-20(13)14-7-8-24-14/h12,14H,5-11H2,1-4H3. The van der Waals surface area contributed by atoms with E-state index in [0.717, 1.165) is 43.5 Å². The Hall–Kier alpha value is -1.40. The van der Waals surface area contributed by atoms with Crippen molar-refractivity contribution < 1.29 is 19.0 Å². The minimum Gasteiger partial charge on any atom is -0.461 e. The zero-order valence-corrected chi connectivity index (χ0v) is 15.1. The highest BCUT2D eigenvalue weighted by Gasteiger charge is 2.42. The van der Waals surface area contributed by atoms with Crippen molar-refractivity contribution >= 4 is 5.97 Å². The Balaban J connectivity index is 2.06. The SMILES string of the molecule is CCOC(=O)c1nn(C2CCO2)c2c1C(CC)CC(C)(COC)C2. The van der Waals surface area contributed by atoms with Crippen LogP contribution >= 0.6 is 0 Å². The third-order valence-corrected chi connectivity index (χ3v) is 5.19. The molecular weight excluding hydrogens is 308 g/mol. The number of methoxy groups -OCH3 is 1. The van der Waals surface area contributed by atoms with Crippen LogP contribution in [-0.2, 0) is 20.6 Å². The molecule has 6 nitrogen and oxygen atoms in total. The summed E-state index contributed by atoms with van der Waals surface area (Å²) in [5.41, 5.74) is 2.73. The van der Waals surface area contributed by atoms with Crippen molar-refractivity contribution in [3.63, 3.8) is 0 Å². The molecule has 0 saturated carbocycles. The van der Waals surface area contributed by atoms with Crippen LogP contribution < -0.4 is 0 Å². The second-order valence-electron chi connectivity index (χ2n) is 7.22. The maximum absolute atomic E-state index is 12.4. The zero-order valence-electron chi connectivity index (χ0n) is 15.1. The Morgan fingerprint density at radius 2 is 2.21 bits per heavy atom. The lowest BCUT2D eigenvalue weighted by Crippen LogP contribution is -2.35. The van der Waals surface area contributed by atoms with Gasteiger partial charge in [-0.1, -0.05) is 13.8 Å². The normalized spacial score (nSPS) is 29.0. The Labute approximate surface area is 143 Å². The van der Waals surface area contributed by atoms with E-state index in [-0.39, 0.29) is 17.6 Å². The lowest BCUT2D eigenvalue weighted by atomic mass is 9.69. The highest BCUT2D eigenvalue weighted by molar-refractivity contribution is 5.89. The fraction of sp³-hybridized carbons (Fsp3) is 0.778. The molecule has 0 bridgehead atoms. The van der Waals surface area contributed by atoms with Crippen LogP contribution in [0.5, 0.6) is 0 Å². The molecule has 1 aromatic rings. The zero-order chi connectivity index (χ0) is 17.3. The second kappa shape index (κ2) is 6.84. The summed E-state index contributed by atoms with van der Waals surface area (Å²) in [6, 6.07) is 0. The first-order valence-corrected chi connectivity index (χ1v) is 8.92. The van der Waals surface area contributed by atoms with Crippen molar-refractivity contribution in [2.24, 2.45) is 5.41 Å². The maximum Gasteiger partial charge on any atom is 0.359 e. The van der Waals surface area contributed by atoms with Gasteiger partial charge in [0.2, 0.25) is 0 Å². The molecule has 134 valence electrons. The molecule has 1 aromatic heterocycles. The molecule has 1 fully saturated rings. The van der Waals surface area contributed by atoms with Gasteiger partial charge in [0.05, 0.1) is 19.8 Å². The predicted octanol–water partition coefficient (Wildman–Crippen LogP) is 3.07. The van der Waals surface area contributed by atoms with Gasteiger partial charge >= 0.3 is 5.97 Å². The van der Waals surface area contributed by atoms with Crippen LogP contribution in [-0.4, -0.2) is 42.7 Å². The summed E-state index contributed by atoms with van der Waals surface area (Å²) in [7, 11) is 1.75. The van der Waals surface area contributed by atoms with Crippen molar-refractivity contribution in [1.82, 2.24) is 9.78 Å². The van der Waals surface area contributed by atoms with Crippen LogP contribution in [0, 0.1) is 5.41 Å². The molecule has 3 atom stereocenters. The minimum atomic E-state index is -0.319. The molecule has 24 heavy (non-hydrogen) atoms. The molecule has 0 radical (unpaired) electrons. The minimum absolute atomic E-state index is 0.0515. The fourth-order valence-electron chi connectivity index (χ4n) is 4.07. The van der Waals surface area contributed by atoms with Gasteiger partial charge in [-0.05, 0) is 37.5 Å². The summed E-state index contributed by atoms with van der Waals surface area (Å²) in [4.78, 5) is 12.4. The van der Waals surface area contributed by atoms with E-state index in [1.54, 1.807) is 7.11 Å². The van der Waals surface area contributed by atoms with Gasteiger partial charge in [0.25, 0.3) is 0 Å². The van der Waals surface area contributed by atoms with Crippen molar-refractivity contribution in [2.45, 2.75) is 58.6 Å². The van der Waals surface area contributed by atoms with Crippen molar-refractivity contribution in [3.8, 4) is 0 Å². The van der Waals surface area contributed by atoms with Gasteiger partial charge in [-0.3, -0.25) is 0 Å². The van der Waals surface area contributed by atoms with Gasteiger partial charge in [0.1, 0.15) is 0 Å². The van der Waals surface area contributed by atoms with Gasteiger partial charge in [-0.2, -0.15) is 5.10 Å². The molecule has 6 heteroatoms. The van der Waals surface area contributed by atoms with Crippen LogP contribution in [0.4, 0.5) is 0 Å². The van der Waals surface area contributed by atoms with E-state index in [1.165, 1.54) is 0 Å². The highest BCUT2D eigenvalue weighted by atomic mass is 16.5. The molecular formula is C18H28N2O4. The Kier molecular flexibility index (Phi) is 4.97. The van der Waals surface area contributed by atoms with Gasteiger partial charge < -0.3 is 14.2 Å². The smallest absolute Gasteiger partial charge is 0.359 e. The third-order valence-electron chi connectivity index (χ3n) is 5.19. The first-order chi connectivity index (χ1) is 11.5. The molecule has 2 heterocycles. The van der Waals surface area contributed by atoms with Crippen LogP contribution in [0.3, 0.4) is 0 Å². The van der Waals surface area contributed by atoms with Gasteiger partial charge in [0.15, 0.2) is 11.9 Å². The van der Waals surface area contributed by atoms with Crippen LogP contribution in [0.2, 0.25) is 0 Å². The van der Waals surface area contributed by atoms with E-state index in [9.17, 15) is 4.79 Å². The summed E-state index contributed by atoms with van der Waals surface area (Å²) in [5, 5.41) is 4.63. The van der Waals surface area contributed by atoms with Crippen molar-refractivity contribution in [1.29, 1.82) is 0 Å². The number of carbonyl (C=O) groups is 1. The van der Waals surface area contributed by atoms with Crippen LogP contribution in [0.1, 0.15) is 73.9 Å². The Bertz CT molecular complexity index is 608. The third kappa shape index (κ3) is 2.97. The van der Waals surface area contributed by atoms with Crippen molar-refractivity contribution in [3.05, 3.63) is 17.0 Å². The number of aromatic nitrogens is 2. The van der Waals surface area contributed by atoms with E-state index in [0.29, 0.717) is 24.8 Å². The molecule has 1 aliphatic heterocycles. The Morgan fingerprint density at radius 3 is 2.75 bits per heavy atom. The van der Waals surface area contributed by atoms with E-state index >= 15 is 0 Å². The molecule has 1 saturated heterocycles. The fourth-order valence-corrected chi connectivity index (χ4v) is 4.07. The monoisotopic (exact) mass is 336 g/mol. The number of hydrogen-bond acceptors (Lipinski definition) is 5. The summed E-state index contributed by atoms with van der Waals surface area (Å²) in [5.74, 6) is -0.0252. The molecule has 3 rings (SSSR count). The van der Waals surface area contributed by atoms with Gasteiger partial charge in [0, 0.05) is 24.8 Å². The van der Waals surface area contributed by atoms with Gasteiger partial charge in [-0.25, -0.2) is 9.48 Å². The van der Waals surface area contributed by atoms with Crippen LogP contribution in [0.25, 0.3) is 0 Å². The van der Waals surface area contributed by atoms with Crippen molar-refractivity contribution in [2.75, 3.05) is 26.9 Å². The number of fused-ring (bicyclic) bond motifs is 1. The summed E-state index contributed by atoms with van der Waals surface area (Å²) < 4.78 is 18.3. The quantitative estimate of drug-likeness (QED) is 0.747. The molecule has 0 spiro atoms. The number of rotatable bonds is 6. The number of esters is 1. The average molecular weight is 336 g/mol. The molecule has 1 aliphatic carbocycles.